The van der Waals surface area contributed by atoms with Gasteiger partial charge in [0, 0.05) is 6.54 Å². The number of carbonyl (C=O) groups excluding carboxylic acids is 1. The first-order valence-electron chi connectivity index (χ1n) is 7.02. The van der Waals surface area contributed by atoms with Gasteiger partial charge < -0.3 is 14.8 Å². The molecular weight excluding hydrogens is 321 g/mol. The summed E-state index contributed by atoms with van der Waals surface area (Å²) < 4.78 is 23.5. The Balaban J connectivity index is 1.89. The molecule has 6 heteroatoms. The molecule has 0 bridgehead atoms. The summed E-state index contributed by atoms with van der Waals surface area (Å²) in [5, 5.41) is 2.89. The Morgan fingerprint density at radius 1 is 1.26 bits per heavy atom. The highest BCUT2D eigenvalue weighted by Gasteiger charge is 2.16. The highest BCUT2D eigenvalue weighted by molar-refractivity contribution is 6.32. The van der Waals surface area contributed by atoms with E-state index in [4.69, 9.17) is 21.1 Å². The molecule has 0 aromatic heterocycles. The standard InChI is InChI=1S/C17H17ClFNO3/c1-11(23-16-8-5-13(19)9-15(16)18)17(21)20-10-12-3-6-14(22-2)7-4-12/h3-9,11H,10H2,1-2H3,(H,20,21). The molecule has 1 amide bonds. The van der Waals surface area contributed by atoms with E-state index in [1.54, 1.807) is 14.0 Å². The Labute approximate surface area is 139 Å². The minimum absolute atomic E-state index is 0.125. The molecule has 2 rings (SSSR count). The average molecular weight is 338 g/mol. The largest absolute Gasteiger partial charge is 0.497 e. The second-order valence-corrected chi connectivity index (χ2v) is 5.31. The second kappa shape index (κ2) is 7.83. The third-order valence-corrected chi connectivity index (χ3v) is 3.49. The normalized spacial score (nSPS) is 11.7. The van der Waals surface area contributed by atoms with Gasteiger partial charge in [0.1, 0.15) is 17.3 Å². The van der Waals surface area contributed by atoms with Gasteiger partial charge in [0.25, 0.3) is 5.91 Å². The monoisotopic (exact) mass is 337 g/mol. The minimum atomic E-state index is -0.754. The molecule has 122 valence electrons. The lowest BCUT2D eigenvalue weighted by atomic mass is 10.2. The van der Waals surface area contributed by atoms with E-state index >= 15 is 0 Å². The maximum Gasteiger partial charge on any atom is 0.261 e. The number of ether oxygens (including phenoxy) is 2. The lowest BCUT2D eigenvalue weighted by Gasteiger charge is -2.15. The molecule has 0 heterocycles. The van der Waals surface area contributed by atoms with Gasteiger partial charge in [-0.15, -0.1) is 0 Å². The van der Waals surface area contributed by atoms with Gasteiger partial charge in [0.2, 0.25) is 0 Å². The van der Waals surface area contributed by atoms with Gasteiger partial charge in [0.05, 0.1) is 12.1 Å². The molecule has 1 unspecified atom stereocenters. The lowest BCUT2D eigenvalue weighted by molar-refractivity contribution is -0.127. The number of hydrogen-bond acceptors (Lipinski definition) is 3. The van der Waals surface area contributed by atoms with E-state index in [2.05, 4.69) is 5.32 Å². The molecule has 0 saturated heterocycles. The third-order valence-electron chi connectivity index (χ3n) is 3.19. The molecule has 2 aromatic carbocycles. The number of rotatable bonds is 6. The smallest absolute Gasteiger partial charge is 0.261 e. The van der Waals surface area contributed by atoms with Crippen molar-refractivity contribution in [3.8, 4) is 11.5 Å². The number of halogens is 2. The lowest BCUT2D eigenvalue weighted by Crippen LogP contribution is -2.35. The predicted molar refractivity (Wildman–Crippen MR) is 86.3 cm³/mol. The predicted octanol–water partition coefficient (Wildman–Crippen LogP) is 3.57. The highest BCUT2D eigenvalue weighted by Crippen LogP contribution is 2.25. The van der Waals surface area contributed by atoms with Gasteiger partial charge in [0.15, 0.2) is 6.10 Å². The zero-order valence-electron chi connectivity index (χ0n) is 12.8. The molecule has 0 radical (unpaired) electrons. The number of nitrogens with one attached hydrogen (secondary N) is 1. The zero-order chi connectivity index (χ0) is 16.8. The van der Waals surface area contributed by atoms with Gasteiger partial charge in [-0.2, -0.15) is 0 Å². The van der Waals surface area contributed by atoms with E-state index in [9.17, 15) is 9.18 Å². The van der Waals surface area contributed by atoms with Crippen LogP contribution in [0.3, 0.4) is 0 Å². The van der Waals surface area contributed by atoms with Crippen LogP contribution in [0, 0.1) is 5.82 Å². The topological polar surface area (TPSA) is 47.6 Å². The zero-order valence-corrected chi connectivity index (χ0v) is 13.6. The molecule has 1 atom stereocenters. The molecule has 0 aliphatic heterocycles. The maximum absolute atomic E-state index is 13.0. The van der Waals surface area contributed by atoms with Crippen LogP contribution >= 0.6 is 11.6 Å². The second-order valence-electron chi connectivity index (χ2n) is 4.90. The van der Waals surface area contributed by atoms with Crippen molar-refractivity contribution in [3.63, 3.8) is 0 Å². The summed E-state index contributed by atoms with van der Waals surface area (Å²) in [5.41, 5.74) is 0.936. The molecule has 0 aliphatic carbocycles. The van der Waals surface area contributed by atoms with Crippen LogP contribution in [0.4, 0.5) is 4.39 Å². The van der Waals surface area contributed by atoms with Crippen molar-refractivity contribution in [1.29, 1.82) is 0 Å². The van der Waals surface area contributed by atoms with Crippen molar-refractivity contribution in [2.45, 2.75) is 19.6 Å². The van der Waals surface area contributed by atoms with E-state index in [1.807, 2.05) is 24.3 Å². The summed E-state index contributed by atoms with van der Waals surface area (Å²) in [6.45, 7) is 1.97. The summed E-state index contributed by atoms with van der Waals surface area (Å²) in [6.07, 6.45) is -0.754. The Morgan fingerprint density at radius 2 is 1.96 bits per heavy atom. The summed E-state index contributed by atoms with van der Waals surface area (Å²) in [5.74, 6) is 0.267. The first-order valence-corrected chi connectivity index (χ1v) is 7.39. The van der Waals surface area contributed by atoms with Crippen LogP contribution in [-0.4, -0.2) is 19.1 Å². The van der Waals surface area contributed by atoms with Gasteiger partial charge in [-0.25, -0.2) is 4.39 Å². The Morgan fingerprint density at radius 3 is 2.57 bits per heavy atom. The Kier molecular flexibility index (Phi) is 5.82. The first kappa shape index (κ1) is 17.1. The number of amides is 1. The first-order chi connectivity index (χ1) is 11.0. The van der Waals surface area contributed by atoms with Gasteiger partial charge >= 0.3 is 0 Å². The fourth-order valence-corrected chi connectivity index (χ4v) is 2.10. The Bertz CT molecular complexity index is 676. The average Bonchev–Trinajstić information content (AvgIpc) is 2.55. The molecule has 4 nitrogen and oxygen atoms in total. The Hall–Kier alpha value is -2.27. The van der Waals surface area contributed by atoms with E-state index in [0.29, 0.717) is 6.54 Å². The number of methoxy groups -OCH3 is 1. The SMILES string of the molecule is COc1ccc(CNC(=O)C(C)Oc2ccc(F)cc2Cl)cc1. The molecule has 23 heavy (non-hydrogen) atoms. The van der Waals surface area contributed by atoms with Gasteiger partial charge in [-0.1, -0.05) is 23.7 Å². The van der Waals surface area contributed by atoms with Crippen molar-refractivity contribution >= 4 is 17.5 Å². The molecular formula is C17H17ClFNO3. The fourth-order valence-electron chi connectivity index (χ4n) is 1.89. The fraction of sp³-hybridized carbons (Fsp3) is 0.235. The number of benzene rings is 2. The van der Waals surface area contributed by atoms with Crippen molar-refractivity contribution in [3.05, 3.63) is 58.9 Å². The summed E-state index contributed by atoms with van der Waals surface area (Å²) >= 11 is 5.87. The summed E-state index contributed by atoms with van der Waals surface area (Å²) in [6, 6.07) is 11.1. The van der Waals surface area contributed by atoms with Crippen LogP contribution in [0.5, 0.6) is 11.5 Å². The van der Waals surface area contributed by atoms with Crippen LogP contribution in [0.2, 0.25) is 5.02 Å². The summed E-state index contributed by atoms with van der Waals surface area (Å²) in [4.78, 5) is 12.0. The molecule has 0 fully saturated rings. The maximum atomic E-state index is 13.0. The molecule has 0 spiro atoms. The van der Waals surface area contributed by atoms with Gasteiger partial charge in [-0.3, -0.25) is 4.79 Å². The van der Waals surface area contributed by atoms with E-state index in [1.165, 1.54) is 12.1 Å². The highest BCUT2D eigenvalue weighted by atomic mass is 35.5. The van der Waals surface area contributed by atoms with E-state index < -0.39 is 11.9 Å². The van der Waals surface area contributed by atoms with Crippen LogP contribution in [-0.2, 0) is 11.3 Å². The molecule has 2 aromatic rings. The van der Waals surface area contributed by atoms with Crippen LogP contribution < -0.4 is 14.8 Å². The van der Waals surface area contributed by atoms with Crippen molar-refractivity contribution in [1.82, 2.24) is 5.32 Å². The van der Waals surface area contributed by atoms with Crippen LogP contribution in [0.1, 0.15) is 12.5 Å². The quantitative estimate of drug-likeness (QED) is 0.876. The number of carbonyl (C=O) groups is 1. The van der Waals surface area contributed by atoms with Crippen molar-refractivity contribution in [2.24, 2.45) is 0 Å². The van der Waals surface area contributed by atoms with Crippen LogP contribution in [0.25, 0.3) is 0 Å². The van der Waals surface area contributed by atoms with E-state index in [0.717, 1.165) is 17.4 Å². The minimum Gasteiger partial charge on any atom is -0.497 e. The summed E-state index contributed by atoms with van der Waals surface area (Å²) in [7, 11) is 1.59. The van der Waals surface area contributed by atoms with Crippen molar-refractivity contribution in [2.75, 3.05) is 7.11 Å². The van der Waals surface area contributed by atoms with Crippen molar-refractivity contribution < 1.29 is 18.7 Å². The molecule has 0 saturated carbocycles. The third kappa shape index (κ3) is 4.86. The molecule has 0 aliphatic rings. The number of hydrogen-bond donors (Lipinski definition) is 1. The molecule has 1 N–H and O–H groups in total. The van der Waals surface area contributed by atoms with Gasteiger partial charge in [-0.05, 0) is 42.8 Å². The van der Waals surface area contributed by atoms with Crippen LogP contribution in [0.15, 0.2) is 42.5 Å². The van der Waals surface area contributed by atoms with E-state index in [-0.39, 0.29) is 16.7 Å².